The molecule has 0 aliphatic heterocycles. The second-order valence-electron chi connectivity index (χ2n) is 4.16. The van der Waals surface area contributed by atoms with Gasteiger partial charge >= 0.3 is 0 Å². The van der Waals surface area contributed by atoms with Gasteiger partial charge in [0.2, 0.25) is 0 Å². The molecule has 0 fully saturated rings. The predicted molar refractivity (Wildman–Crippen MR) is 78.1 cm³/mol. The van der Waals surface area contributed by atoms with Gasteiger partial charge in [-0.25, -0.2) is 0 Å². The first-order valence-corrected chi connectivity index (χ1v) is 6.32. The smallest absolute Gasteiger partial charge is 0.119 e. The molecule has 4 heteroatoms. The Bertz CT molecular complexity index is 572. The Balaban J connectivity index is 2.42. The van der Waals surface area contributed by atoms with E-state index < -0.39 is 6.10 Å². The number of ether oxygens (including phenoxy) is 1. The molecule has 0 aromatic heterocycles. The third-order valence-corrected chi connectivity index (χ3v) is 3.22. The highest BCUT2D eigenvalue weighted by atomic mass is 35.5. The molecule has 0 bridgehead atoms. The van der Waals surface area contributed by atoms with E-state index in [2.05, 4.69) is 5.32 Å². The largest absolute Gasteiger partial charge is 0.497 e. The molecule has 3 nitrogen and oxygen atoms in total. The van der Waals surface area contributed by atoms with Gasteiger partial charge in [-0.2, -0.15) is 0 Å². The first-order valence-electron chi connectivity index (χ1n) is 5.95. The SMILES string of the molecule is CNc1ccc(Cl)cc1C(O)c1cccc(OC)c1. The minimum absolute atomic E-state index is 0.593. The van der Waals surface area contributed by atoms with Crippen LogP contribution in [0.5, 0.6) is 5.75 Å². The molecular weight excluding hydrogens is 262 g/mol. The zero-order valence-corrected chi connectivity index (χ0v) is 11.6. The van der Waals surface area contributed by atoms with Crippen molar-refractivity contribution < 1.29 is 9.84 Å². The first kappa shape index (κ1) is 13.7. The summed E-state index contributed by atoms with van der Waals surface area (Å²) < 4.78 is 5.17. The maximum absolute atomic E-state index is 10.5. The fraction of sp³-hybridized carbons (Fsp3) is 0.200. The van der Waals surface area contributed by atoms with E-state index in [4.69, 9.17) is 16.3 Å². The highest BCUT2D eigenvalue weighted by Crippen LogP contribution is 2.31. The highest BCUT2D eigenvalue weighted by Gasteiger charge is 2.15. The maximum Gasteiger partial charge on any atom is 0.119 e. The van der Waals surface area contributed by atoms with Crippen LogP contribution in [0.25, 0.3) is 0 Å². The van der Waals surface area contributed by atoms with Crippen LogP contribution in [0, 0.1) is 0 Å². The van der Waals surface area contributed by atoms with E-state index >= 15 is 0 Å². The molecule has 0 aliphatic carbocycles. The monoisotopic (exact) mass is 277 g/mol. The molecule has 1 unspecified atom stereocenters. The topological polar surface area (TPSA) is 41.5 Å². The van der Waals surface area contributed by atoms with Crippen molar-refractivity contribution in [3.8, 4) is 5.75 Å². The molecule has 2 aromatic rings. The lowest BCUT2D eigenvalue weighted by molar-refractivity contribution is 0.220. The standard InChI is InChI=1S/C15H16ClNO2/c1-17-14-7-6-11(16)9-13(14)15(18)10-4-3-5-12(8-10)19-2/h3-9,15,17-18H,1-2H3. The van der Waals surface area contributed by atoms with Crippen molar-refractivity contribution in [3.63, 3.8) is 0 Å². The number of hydrogen-bond acceptors (Lipinski definition) is 3. The van der Waals surface area contributed by atoms with Crippen LogP contribution < -0.4 is 10.1 Å². The number of methoxy groups -OCH3 is 1. The quantitative estimate of drug-likeness (QED) is 0.899. The van der Waals surface area contributed by atoms with Gasteiger partial charge in [0.05, 0.1) is 7.11 Å². The number of aliphatic hydroxyl groups excluding tert-OH is 1. The van der Waals surface area contributed by atoms with Crippen molar-refractivity contribution in [3.05, 3.63) is 58.6 Å². The van der Waals surface area contributed by atoms with Crippen molar-refractivity contribution in [1.29, 1.82) is 0 Å². The molecule has 2 aromatic carbocycles. The lowest BCUT2D eigenvalue weighted by Crippen LogP contribution is -2.04. The Kier molecular flexibility index (Phi) is 4.30. The molecule has 0 radical (unpaired) electrons. The minimum atomic E-state index is -0.753. The van der Waals surface area contributed by atoms with E-state index in [1.54, 1.807) is 19.2 Å². The van der Waals surface area contributed by atoms with Crippen molar-refractivity contribution in [1.82, 2.24) is 0 Å². The summed E-state index contributed by atoms with van der Waals surface area (Å²) in [6, 6.07) is 12.8. The van der Waals surface area contributed by atoms with Gasteiger partial charge < -0.3 is 15.2 Å². The molecule has 100 valence electrons. The number of benzene rings is 2. The number of rotatable bonds is 4. The van der Waals surface area contributed by atoms with E-state index in [0.717, 1.165) is 16.8 Å². The van der Waals surface area contributed by atoms with Gasteiger partial charge in [-0.15, -0.1) is 0 Å². The molecule has 2 rings (SSSR count). The molecule has 0 spiro atoms. The zero-order chi connectivity index (χ0) is 13.8. The van der Waals surface area contributed by atoms with Crippen molar-refractivity contribution >= 4 is 17.3 Å². The molecule has 1 atom stereocenters. The van der Waals surface area contributed by atoms with Crippen molar-refractivity contribution in [2.24, 2.45) is 0 Å². The molecule has 0 saturated heterocycles. The van der Waals surface area contributed by atoms with Gasteiger partial charge in [0.1, 0.15) is 11.9 Å². The lowest BCUT2D eigenvalue weighted by atomic mass is 9.99. The van der Waals surface area contributed by atoms with Crippen molar-refractivity contribution in [2.45, 2.75) is 6.10 Å². The molecule has 0 amide bonds. The van der Waals surface area contributed by atoms with Gasteiger partial charge in [-0.3, -0.25) is 0 Å². The summed E-state index contributed by atoms with van der Waals surface area (Å²) in [5, 5.41) is 14.1. The van der Waals surface area contributed by atoms with Crippen LogP contribution in [0.15, 0.2) is 42.5 Å². The Labute approximate surface area is 117 Å². The van der Waals surface area contributed by atoms with Crippen LogP contribution in [0.4, 0.5) is 5.69 Å². The summed E-state index contributed by atoms with van der Waals surface area (Å²) in [5.74, 6) is 0.713. The van der Waals surface area contributed by atoms with E-state index in [1.807, 2.05) is 37.4 Å². The Morgan fingerprint density at radius 3 is 2.68 bits per heavy atom. The van der Waals surface area contributed by atoms with E-state index in [9.17, 15) is 5.11 Å². The summed E-state index contributed by atoms with van der Waals surface area (Å²) in [7, 11) is 3.41. The van der Waals surface area contributed by atoms with E-state index in [1.165, 1.54) is 0 Å². The second kappa shape index (κ2) is 5.95. The number of aliphatic hydroxyl groups is 1. The lowest BCUT2D eigenvalue weighted by Gasteiger charge is -2.16. The zero-order valence-electron chi connectivity index (χ0n) is 10.9. The van der Waals surface area contributed by atoms with Crippen LogP contribution in [0.1, 0.15) is 17.2 Å². The summed E-state index contributed by atoms with van der Waals surface area (Å²) >= 11 is 6.00. The predicted octanol–water partition coefficient (Wildman–Crippen LogP) is 3.47. The van der Waals surface area contributed by atoms with Crippen LogP contribution >= 0.6 is 11.6 Å². The third kappa shape index (κ3) is 3.00. The van der Waals surface area contributed by atoms with Crippen molar-refractivity contribution in [2.75, 3.05) is 19.5 Å². The fourth-order valence-electron chi connectivity index (χ4n) is 1.98. The second-order valence-corrected chi connectivity index (χ2v) is 4.60. The van der Waals surface area contributed by atoms with Gasteiger partial charge in [-0.05, 0) is 35.9 Å². The van der Waals surface area contributed by atoms with Gasteiger partial charge in [-0.1, -0.05) is 23.7 Å². The molecule has 19 heavy (non-hydrogen) atoms. The summed E-state index contributed by atoms with van der Waals surface area (Å²) in [6.07, 6.45) is -0.753. The van der Waals surface area contributed by atoms with E-state index in [0.29, 0.717) is 10.8 Å². The highest BCUT2D eigenvalue weighted by molar-refractivity contribution is 6.30. The van der Waals surface area contributed by atoms with Crippen LogP contribution in [0.2, 0.25) is 5.02 Å². The normalized spacial score (nSPS) is 12.0. The number of nitrogens with one attached hydrogen (secondary N) is 1. The van der Waals surface area contributed by atoms with E-state index in [-0.39, 0.29) is 0 Å². The summed E-state index contributed by atoms with van der Waals surface area (Å²) in [4.78, 5) is 0. The average Bonchev–Trinajstić information content (AvgIpc) is 2.46. The Morgan fingerprint density at radius 1 is 1.21 bits per heavy atom. The maximum atomic E-state index is 10.5. The number of anilines is 1. The average molecular weight is 278 g/mol. The Morgan fingerprint density at radius 2 is 2.00 bits per heavy atom. The van der Waals surface area contributed by atoms with Crippen LogP contribution in [-0.2, 0) is 0 Å². The van der Waals surface area contributed by atoms with Gasteiger partial charge in [0.25, 0.3) is 0 Å². The van der Waals surface area contributed by atoms with Crippen LogP contribution in [0.3, 0.4) is 0 Å². The molecule has 0 heterocycles. The minimum Gasteiger partial charge on any atom is -0.497 e. The molecule has 2 N–H and O–H groups in total. The fourth-order valence-corrected chi connectivity index (χ4v) is 2.16. The molecular formula is C15H16ClNO2. The van der Waals surface area contributed by atoms with Gasteiger partial charge in [0, 0.05) is 23.3 Å². The summed E-state index contributed by atoms with van der Waals surface area (Å²) in [6.45, 7) is 0. The Hall–Kier alpha value is -1.71. The first-order chi connectivity index (χ1) is 9.15. The summed E-state index contributed by atoms with van der Waals surface area (Å²) in [5.41, 5.74) is 2.35. The molecule has 0 aliphatic rings. The van der Waals surface area contributed by atoms with Gasteiger partial charge in [0.15, 0.2) is 0 Å². The number of hydrogen-bond donors (Lipinski definition) is 2. The number of halogens is 1. The van der Waals surface area contributed by atoms with Crippen LogP contribution in [-0.4, -0.2) is 19.3 Å². The molecule has 0 saturated carbocycles. The third-order valence-electron chi connectivity index (χ3n) is 2.99.